The number of aromatic nitrogens is 2. The molecule has 0 aliphatic heterocycles. The van der Waals surface area contributed by atoms with Crippen molar-refractivity contribution in [3.63, 3.8) is 0 Å². The topological polar surface area (TPSA) is 35.0 Å². The first-order chi connectivity index (χ1) is 6.24. The number of rotatable bonds is 4. The van der Waals surface area contributed by atoms with Crippen LogP contribution in [-0.2, 0) is 4.74 Å². The highest BCUT2D eigenvalue weighted by Gasteiger charge is 2.04. The predicted octanol–water partition coefficient (Wildman–Crippen LogP) is 2.52. The first kappa shape index (κ1) is 11.0. The van der Waals surface area contributed by atoms with Crippen molar-refractivity contribution < 1.29 is 4.74 Å². The molecular weight excluding hydrogens is 231 g/mol. The molecule has 0 aromatic carbocycles. The van der Waals surface area contributed by atoms with E-state index in [4.69, 9.17) is 27.9 Å². The Labute approximate surface area is 90.8 Å². The van der Waals surface area contributed by atoms with Gasteiger partial charge in [0.25, 0.3) is 0 Å². The molecule has 3 nitrogen and oxygen atoms in total. The highest BCUT2D eigenvalue weighted by molar-refractivity contribution is 7.99. The van der Waals surface area contributed by atoms with Crippen LogP contribution in [0.2, 0.25) is 10.3 Å². The molecule has 0 fully saturated rings. The van der Waals surface area contributed by atoms with Crippen LogP contribution in [0.4, 0.5) is 0 Å². The van der Waals surface area contributed by atoms with Crippen molar-refractivity contribution in [1.29, 1.82) is 0 Å². The third-order valence-corrected chi connectivity index (χ3v) is 2.73. The van der Waals surface area contributed by atoms with Gasteiger partial charge in [-0.2, -0.15) is 0 Å². The van der Waals surface area contributed by atoms with Crippen LogP contribution in [0.25, 0.3) is 0 Å². The van der Waals surface area contributed by atoms with Crippen molar-refractivity contribution in [2.45, 2.75) is 5.03 Å². The van der Waals surface area contributed by atoms with Crippen molar-refractivity contribution in [2.75, 3.05) is 19.5 Å². The summed E-state index contributed by atoms with van der Waals surface area (Å²) in [4.78, 5) is 7.72. The summed E-state index contributed by atoms with van der Waals surface area (Å²) in [5, 5.41) is 1.42. The van der Waals surface area contributed by atoms with E-state index in [-0.39, 0.29) is 5.28 Å². The third-order valence-electron chi connectivity index (χ3n) is 1.21. The monoisotopic (exact) mass is 238 g/mol. The van der Waals surface area contributed by atoms with E-state index in [1.54, 1.807) is 7.11 Å². The molecular formula is C7H8Cl2N2OS. The van der Waals surface area contributed by atoms with E-state index in [0.29, 0.717) is 16.7 Å². The van der Waals surface area contributed by atoms with Crippen LogP contribution in [0, 0.1) is 0 Å². The first-order valence-electron chi connectivity index (χ1n) is 3.54. The van der Waals surface area contributed by atoms with Crippen molar-refractivity contribution in [2.24, 2.45) is 0 Å². The van der Waals surface area contributed by atoms with Gasteiger partial charge in [-0.25, -0.2) is 9.97 Å². The summed E-state index contributed by atoms with van der Waals surface area (Å²) >= 11 is 12.9. The Kier molecular flexibility index (Phi) is 4.80. The Morgan fingerprint density at radius 1 is 1.54 bits per heavy atom. The van der Waals surface area contributed by atoms with Crippen LogP contribution in [-0.4, -0.2) is 29.4 Å². The molecule has 0 aliphatic carbocycles. The molecule has 13 heavy (non-hydrogen) atoms. The Hall–Kier alpha value is -0.0300. The lowest BCUT2D eigenvalue weighted by atomic mass is 10.7. The minimum atomic E-state index is 0.212. The summed E-state index contributed by atoms with van der Waals surface area (Å²) in [5.74, 6) is 0.795. The number of ether oxygens (including phenoxy) is 1. The summed E-state index contributed by atoms with van der Waals surface area (Å²) in [6, 6.07) is 0. The Bertz CT molecular complexity index is 285. The summed E-state index contributed by atoms with van der Waals surface area (Å²) in [7, 11) is 1.65. The van der Waals surface area contributed by atoms with E-state index in [1.807, 2.05) is 0 Å². The predicted molar refractivity (Wildman–Crippen MR) is 54.7 cm³/mol. The maximum absolute atomic E-state index is 5.83. The molecule has 0 aliphatic rings. The van der Waals surface area contributed by atoms with Gasteiger partial charge in [0.1, 0.15) is 5.03 Å². The third kappa shape index (κ3) is 3.68. The fourth-order valence-corrected chi connectivity index (χ4v) is 1.88. The zero-order chi connectivity index (χ0) is 9.68. The van der Waals surface area contributed by atoms with Crippen molar-refractivity contribution in [3.05, 3.63) is 16.5 Å². The minimum Gasteiger partial charge on any atom is -0.384 e. The van der Waals surface area contributed by atoms with Gasteiger partial charge >= 0.3 is 0 Å². The van der Waals surface area contributed by atoms with Crippen molar-refractivity contribution in [1.82, 2.24) is 9.97 Å². The molecule has 0 atom stereocenters. The van der Waals surface area contributed by atoms with Crippen LogP contribution < -0.4 is 0 Å². The fraction of sp³-hybridized carbons (Fsp3) is 0.429. The molecule has 0 spiro atoms. The number of hydrogen-bond donors (Lipinski definition) is 0. The van der Waals surface area contributed by atoms with Crippen LogP contribution in [0.15, 0.2) is 11.2 Å². The quantitative estimate of drug-likeness (QED) is 0.350. The second-order valence-electron chi connectivity index (χ2n) is 2.13. The van der Waals surface area contributed by atoms with Crippen LogP contribution >= 0.6 is 35.0 Å². The van der Waals surface area contributed by atoms with Crippen LogP contribution in [0.5, 0.6) is 0 Å². The lowest BCUT2D eigenvalue weighted by Gasteiger charge is -2.01. The number of nitrogens with zero attached hydrogens (tertiary/aromatic N) is 2. The molecule has 0 saturated heterocycles. The smallest absolute Gasteiger partial charge is 0.223 e. The van der Waals surface area contributed by atoms with Gasteiger partial charge in [0, 0.05) is 12.9 Å². The van der Waals surface area contributed by atoms with Gasteiger partial charge in [0.15, 0.2) is 0 Å². The van der Waals surface area contributed by atoms with E-state index in [2.05, 4.69) is 9.97 Å². The van der Waals surface area contributed by atoms with E-state index in [9.17, 15) is 0 Å². The number of halogens is 2. The summed E-state index contributed by atoms with van der Waals surface area (Å²) < 4.78 is 4.89. The number of thioether (sulfide) groups is 1. The standard InChI is InChI=1S/C7H8Cl2N2OS/c1-12-2-3-13-6-5(8)4-10-7(9)11-6/h4H,2-3H2,1H3. The van der Waals surface area contributed by atoms with Gasteiger partial charge in [-0.15, -0.1) is 11.8 Å². The maximum Gasteiger partial charge on any atom is 0.223 e. The molecule has 72 valence electrons. The van der Waals surface area contributed by atoms with Crippen molar-refractivity contribution >= 4 is 35.0 Å². The first-order valence-corrected chi connectivity index (χ1v) is 5.28. The van der Waals surface area contributed by atoms with E-state index >= 15 is 0 Å². The zero-order valence-corrected chi connectivity index (χ0v) is 9.29. The van der Waals surface area contributed by atoms with Gasteiger partial charge in [-0.3, -0.25) is 0 Å². The minimum absolute atomic E-state index is 0.212. The molecule has 0 amide bonds. The second kappa shape index (κ2) is 5.65. The van der Waals surface area contributed by atoms with Crippen LogP contribution in [0.1, 0.15) is 0 Å². The molecule has 0 saturated carbocycles. The Morgan fingerprint density at radius 3 is 3.00 bits per heavy atom. The average Bonchev–Trinajstić information content (AvgIpc) is 2.11. The molecule has 0 unspecified atom stereocenters. The average molecular weight is 239 g/mol. The fourth-order valence-electron chi connectivity index (χ4n) is 0.654. The number of hydrogen-bond acceptors (Lipinski definition) is 4. The molecule has 1 heterocycles. The van der Waals surface area contributed by atoms with Gasteiger partial charge in [0.2, 0.25) is 5.28 Å². The molecule has 0 N–H and O–H groups in total. The molecule has 1 rings (SSSR count). The Morgan fingerprint density at radius 2 is 2.31 bits per heavy atom. The van der Waals surface area contributed by atoms with E-state index in [1.165, 1.54) is 18.0 Å². The van der Waals surface area contributed by atoms with Gasteiger partial charge in [-0.05, 0) is 11.6 Å². The normalized spacial score (nSPS) is 10.4. The highest BCUT2D eigenvalue weighted by Crippen LogP contribution is 2.24. The summed E-state index contributed by atoms with van der Waals surface area (Å²) in [6.07, 6.45) is 1.49. The highest BCUT2D eigenvalue weighted by atomic mass is 35.5. The lowest BCUT2D eigenvalue weighted by Crippen LogP contribution is -1.93. The summed E-state index contributed by atoms with van der Waals surface area (Å²) in [6.45, 7) is 0.655. The maximum atomic E-state index is 5.83. The second-order valence-corrected chi connectivity index (χ2v) is 3.96. The molecule has 1 aromatic rings. The molecule has 1 aromatic heterocycles. The Balaban J connectivity index is 2.59. The summed E-state index contributed by atoms with van der Waals surface area (Å²) in [5.41, 5.74) is 0. The van der Waals surface area contributed by atoms with E-state index in [0.717, 1.165) is 5.75 Å². The van der Waals surface area contributed by atoms with Gasteiger partial charge in [-0.1, -0.05) is 11.6 Å². The molecule has 0 radical (unpaired) electrons. The van der Waals surface area contributed by atoms with Crippen LogP contribution in [0.3, 0.4) is 0 Å². The SMILES string of the molecule is COCCSc1nc(Cl)ncc1Cl. The molecule has 0 bridgehead atoms. The van der Waals surface area contributed by atoms with Crippen molar-refractivity contribution in [3.8, 4) is 0 Å². The zero-order valence-electron chi connectivity index (χ0n) is 6.96. The van der Waals surface area contributed by atoms with Gasteiger partial charge in [0.05, 0.1) is 17.8 Å². The number of methoxy groups -OCH3 is 1. The lowest BCUT2D eigenvalue weighted by molar-refractivity contribution is 0.218. The van der Waals surface area contributed by atoms with E-state index < -0.39 is 0 Å². The largest absolute Gasteiger partial charge is 0.384 e. The van der Waals surface area contributed by atoms with Gasteiger partial charge < -0.3 is 4.74 Å². The molecule has 6 heteroatoms.